The van der Waals surface area contributed by atoms with Gasteiger partial charge in [-0.25, -0.2) is 8.78 Å². The number of alkyl halides is 1. The number of hydrogen-bond donors (Lipinski definition) is 0. The van der Waals surface area contributed by atoms with Crippen molar-refractivity contribution in [3.63, 3.8) is 0 Å². The molecule has 10 heavy (non-hydrogen) atoms. The number of hydrogen-bond acceptors (Lipinski definition) is 0. The van der Waals surface area contributed by atoms with Crippen LogP contribution in [0.3, 0.4) is 0 Å². The average molecular weight is 146 g/mol. The van der Waals surface area contributed by atoms with Gasteiger partial charge in [0.2, 0.25) is 0 Å². The normalized spacial score (nSPS) is 34.8. The van der Waals surface area contributed by atoms with Crippen molar-refractivity contribution in [3.8, 4) is 0 Å². The van der Waals surface area contributed by atoms with E-state index in [4.69, 9.17) is 0 Å². The van der Waals surface area contributed by atoms with E-state index in [2.05, 4.69) is 0 Å². The Morgan fingerprint density at radius 1 is 1.50 bits per heavy atom. The third-order valence-electron chi connectivity index (χ3n) is 2.03. The van der Waals surface area contributed by atoms with Crippen molar-refractivity contribution in [2.24, 2.45) is 5.92 Å². The summed E-state index contributed by atoms with van der Waals surface area (Å²) in [6, 6.07) is 0. The molecule has 0 radical (unpaired) electrons. The second-order valence-electron chi connectivity index (χ2n) is 3.10. The van der Waals surface area contributed by atoms with Crippen LogP contribution in [0.2, 0.25) is 0 Å². The van der Waals surface area contributed by atoms with Gasteiger partial charge in [-0.3, -0.25) is 0 Å². The maximum atomic E-state index is 12.8. The van der Waals surface area contributed by atoms with Gasteiger partial charge in [-0.15, -0.1) is 0 Å². The number of rotatable bonds is 0. The van der Waals surface area contributed by atoms with Gasteiger partial charge in [0.25, 0.3) is 0 Å². The highest BCUT2D eigenvalue weighted by molar-refractivity contribution is 5.14. The van der Waals surface area contributed by atoms with Gasteiger partial charge in [0.1, 0.15) is 12.0 Å². The minimum Gasteiger partial charge on any atom is -0.243 e. The van der Waals surface area contributed by atoms with Crippen molar-refractivity contribution in [2.45, 2.75) is 32.9 Å². The smallest absolute Gasteiger partial charge is 0.124 e. The molecule has 0 aromatic carbocycles. The van der Waals surface area contributed by atoms with Crippen LogP contribution in [-0.4, -0.2) is 6.17 Å². The van der Waals surface area contributed by atoms with Gasteiger partial charge in [-0.05, 0) is 24.8 Å². The van der Waals surface area contributed by atoms with Crippen LogP contribution in [0, 0.1) is 5.92 Å². The maximum Gasteiger partial charge on any atom is 0.124 e. The zero-order valence-electron chi connectivity index (χ0n) is 6.32. The second kappa shape index (κ2) is 2.69. The molecule has 1 rings (SSSR count). The summed E-state index contributed by atoms with van der Waals surface area (Å²) < 4.78 is 25.5. The zero-order valence-corrected chi connectivity index (χ0v) is 6.32. The van der Waals surface area contributed by atoms with E-state index in [9.17, 15) is 8.78 Å². The Hall–Kier alpha value is -0.400. The monoisotopic (exact) mass is 146 g/mol. The third kappa shape index (κ3) is 1.36. The largest absolute Gasteiger partial charge is 0.243 e. The first-order valence-electron chi connectivity index (χ1n) is 3.60. The molecule has 0 saturated carbocycles. The number of allylic oxidation sites excluding steroid dienone is 2. The van der Waals surface area contributed by atoms with Gasteiger partial charge in [0.15, 0.2) is 0 Å². The Morgan fingerprint density at radius 3 is 2.60 bits per heavy atom. The Kier molecular flexibility index (Phi) is 2.07. The van der Waals surface area contributed by atoms with Gasteiger partial charge in [0, 0.05) is 6.42 Å². The average Bonchev–Trinajstić information content (AvgIpc) is 1.82. The summed E-state index contributed by atoms with van der Waals surface area (Å²) in [5.74, 6) is -0.0788. The van der Waals surface area contributed by atoms with Gasteiger partial charge in [-0.1, -0.05) is 6.92 Å². The topological polar surface area (TPSA) is 0 Å². The molecule has 0 aromatic rings. The molecule has 2 atom stereocenters. The molecule has 0 aliphatic heterocycles. The highest BCUT2D eigenvalue weighted by atomic mass is 19.1. The van der Waals surface area contributed by atoms with E-state index in [0.29, 0.717) is 18.4 Å². The Labute approximate surface area is 59.9 Å². The van der Waals surface area contributed by atoms with Crippen molar-refractivity contribution < 1.29 is 8.78 Å². The van der Waals surface area contributed by atoms with E-state index in [1.165, 1.54) is 6.92 Å². The first-order valence-corrected chi connectivity index (χ1v) is 3.60. The fourth-order valence-corrected chi connectivity index (χ4v) is 1.25. The lowest BCUT2D eigenvalue weighted by atomic mass is 9.89. The molecule has 2 unspecified atom stereocenters. The van der Waals surface area contributed by atoms with Crippen LogP contribution in [0.25, 0.3) is 0 Å². The van der Waals surface area contributed by atoms with Crippen LogP contribution in [0.1, 0.15) is 26.7 Å². The molecular formula is C8H12F2. The standard InChI is InChI=1S/C8H12F2/c1-5-3-7(9)6(2)8(10)4-5/h5,7H,3-4H2,1-2H3. The van der Waals surface area contributed by atoms with Crippen LogP contribution in [0.4, 0.5) is 8.78 Å². The fraction of sp³-hybridized carbons (Fsp3) is 0.750. The van der Waals surface area contributed by atoms with Crippen LogP contribution in [0.15, 0.2) is 11.4 Å². The highest BCUT2D eigenvalue weighted by Gasteiger charge is 2.23. The molecule has 0 nitrogen and oxygen atoms in total. The maximum absolute atomic E-state index is 12.8. The van der Waals surface area contributed by atoms with Gasteiger partial charge in [0.05, 0.1) is 0 Å². The molecule has 0 heterocycles. The van der Waals surface area contributed by atoms with Crippen molar-refractivity contribution in [1.29, 1.82) is 0 Å². The van der Waals surface area contributed by atoms with Crippen LogP contribution in [0.5, 0.6) is 0 Å². The lowest BCUT2D eigenvalue weighted by Gasteiger charge is -2.21. The molecular weight excluding hydrogens is 134 g/mol. The molecule has 0 bridgehead atoms. The van der Waals surface area contributed by atoms with Crippen LogP contribution in [-0.2, 0) is 0 Å². The SMILES string of the molecule is CC1=C(F)CC(C)CC1F. The highest BCUT2D eigenvalue weighted by Crippen LogP contribution is 2.31. The summed E-state index contributed by atoms with van der Waals surface area (Å²) in [4.78, 5) is 0. The molecule has 0 saturated heterocycles. The Morgan fingerprint density at radius 2 is 2.10 bits per heavy atom. The summed E-state index contributed by atoms with van der Waals surface area (Å²) >= 11 is 0. The van der Waals surface area contributed by atoms with Crippen molar-refractivity contribution in [1.82, 2.24) is 0 Å². The van der Waals surface area contributed by atoms with Crippen LogP contribution < -0.4 is 0 Å². The van der Waals surface area contributed by atoms with E-state index < -0.39 is 6.17 Å². The van der Waals surface area contributed by atoms with Crippen molar-refractivity contribution >= 4 is 0 Å². The van der Waals surface area contributed by atoms with E-state index >= 15 is 0 Å². The van der Waals surface area contributed by atoms with Gasteiger partial charge in [-0.2, -0.15) is 0 Å². The minimum absolute atomic E-state index is 0.165. The van der Waals surface area contributed by atoms with Crippen LogP contribution >= 0.6 is 0 Å². The third-order valence-corrected chi connectivity index (χ3v) is 2.03. The molecule has 58 valence electrons. The van der Waals surface area contributed by atoms with Crippen molar-refractivity contribution in [3.05, 3.63) is 11.4 Å². The summed E-state index contributed by atoms with van der Waals surface area (Å²) in [5.41, 5.74) is 0.304. The molecule has 0 N–H and O–H groups in total. The van der Waals surface area contributed by atoms with Crippen molar-refractivity contribution in [2.75, 3.05) is 0 Å². The zero-order chi connectivity index (χ0) is 7.72. The van der Waals surface area contributed by atoms with Gasteiger partial charge < -0.3 is 0 Å². The Balaban J connectivity index is 2.74. The molecule has 2 heteroatoms. The molecule has 1 aliphatic carbocycles. The van der Waals surface area contributed by atoms with E-state index in [1.807, 2.05) is 6.92 Å². The fourth-order valence-electron chi connectivity index (χ4n) is 1.25. The minimum atomic E-state index is -1.04. The molecule has 0 spiro atoms. The predicted molar refractivity (Wildman–Crippen MR) is 37.1 cm³/mol. The van der Waals surface area contributed by atoms with E-state index in [1.54, 1.807) is 0 Å². The predicted octanol–water partition coefficient (Wildman–Crippen LogP) is 3.00. The first-order chi connectivity index (χ1) is 4.61. The summed E-state index contributed by atoms with van der Waals surface area (Å²) in [7, 11) is 0. The first kappa shape index (κ1) is 7.70. The lowest BCUT2D eigenvalue weighted by molar-refractivity contribution is 0.273. The molecule has 0 aromatic heterocycles. The number of halogens is 2. The molecule has 0 fully saturated rings. The summed E-state index contributed by atoms with van der Waals surface area (Å²) in [6.07, 6.45) is -0.130. The summed E-state index contributed by atoms with van der Waals surface area (Å²) in [5, 5.41) is 0. The van der Waals surface area contributed by atoms with E-state index in [-0.39, 0.29) is 11.7 Å². The summed E-state index contributed by atoms with van der Waals surface area (Å²) in [6.45, 7) is 3.41. The molecule has 0 amide bonds. The lowest BCUT2D eigenvalue weighted by Crippen LogP contribution is -2.15. The second-order valence-corrected chi connectivity index (χ2v) is 3.10. The van der Waals surface area contributed by atoms with Gasteiger partial charge >= 0.3 is 0 Å². The Bertz CT molecular complexity index is 161. The van der Waals surface area contributed by atoms with E-state index in [0.717, 1.165) is 0 Å². The molecule has 1 aliphatic rings. The quantitative estimate of drug-likeness (QED) is 0.492.